The fourth-order valence-corrected chi connectivity index (χ4v) is 1.90. The van der Waals surface area contributed by atoms with E-state index < -0.39 is 0 Å². The molecule has 0 spiro atoms. The molecule has 0 amide bonds. The van der Waals surface area contributed by atoms with Crippen molar-refractivity contribution in [3.8, 4) is 5.75 Å². The molecular formula is C12H19N3O. The van der Waals surface area contributed by atoms with Crippen molar-refractivity contribution < 1.29 is 4.74 Å². The predicted octanol–water partition coefficient (Wildman–Crippen LogP) is 1.28. The lowest BCUT2D eigenvalue weighted by molar-refractivity contribution is 0.338. The van der Waals surface area contributed by atoms with Gasteiger partial charge in [-0.05, 0) is 25.6 Å². The molecule has 2 rings (SSSR count). The molecule has 0 aliphatic carbocycles. The molecule has 0 atom stereocenters. The minimum absolute atomic E-state index is 0.623. The van der Waals surface area contributed by atoms with Crippen molar-refractivity contribution in [1.82, 2.24) is 10.3 Å². The third-order valence-electron chi connectivity index (χ3n) is 2.73. The van der Waals surface area contributed by atoms with Gasteiger partial charge in [0.1, 0.15) is 11.6 Å². The fraction of sp³-hybridized carbons (Fsp3) is 0.583. The summed E-state index contributed by atoms with van der Waals surface area (Å²) in [7, 11) is 0. The van der Waals surface area contributed by atoms with Crippen molar-refractivity contribution in [1.29, 1.82) is 0 Å². The van der Waals surface area contributed by atoms with Gasteiger partial charge in [0.25, 0.3) is 0 Å². The molecule has 1 aromatic rings. The average molecular weight is 221 g/mol. The molecule has 0 saturated carbocycles. The Labute approximate surface area is 96.6 Å². The number of ether oxygens (including phenoxy) is 1. The van der Waals surface area contributed by atoms with Gasteiger partial charge in [-0.2, -0.15) is 0 Å². The quantitative estimate of drug-likeness (QED) is 0.812. The Morgan fingerprint density at radius 2 is 2.25 bits per heavy atom. The van der Waals surface area contributed by atoms with Crippen LogP contribution in [0.2, 0.25) is 0 Å². The molecule has 0 bridgehead atoms. The molecule has 88 valence electrons. The number of rotatable bonds is 5. The third kappa shape index (κ3) is 2.44. The van der Waals surface area contributed by atoms with Crippen LogP contribution in [0.3, 0.4) is 0 Å². The van der Waals surface area contributed by atoms with Gasteiger partial charge in [0.2, 0.25) is 0 Å². The molecule has 0 unspecified atom stereocenters. The van der Waals surface area contributed by atoms with Gasteiger partial charge in [0, 0.05) is 19.1 Å². The minimum atomic E-state index is 0.623. The van der Waals surface area contributed by atoms with Crippen molar-refractivity contribution in [3.63, 3.8) is 0 Å². The second-order valence-corrected chi connectivity index (χ2v) is 3.94. The van der Waals surface area contributed by atoms with E-state index in [1.807, 2.05) is 19.1 Å². The summed E-state index contributed by atoms with van der Waals surface area (Å²) in [5.74, 6) is 1.88. The Morgan fingerprint density at radius 1 is 1.44 bits per heavy atom. The molecule has 0 radical (unpaired) electrons. The number of nitrogens with one attached hydrogen (secondary N) is 1. The van der Waals surface area contributed by atoms with Gasteiger partial charge in [-0.25, -0.2) is 4.98 Å². The minimum Gasteiger partial charge on any atom is -0.492 e. The van der Waals surface area contributed by atoms with Crippen molar-refractivity contribution >= 4 is 5.82 Å². The van der Waals surface area contributed by atoms with Crippen molar-refractivity contribution in [2.24, 2.45) is 0 Å². The molecule has 1 aliphatic rings. The number of likely N-dealkylation sites (N-methyl/N-ethyl adjacent to an activating group) is 1. The zero-order valence-corrected chi connectivity index (χ0v) is 9.94. The highest BCUT2D eigenvalue weighted by atomic mass is 16.5. The Bertz CT molecular complexity index is 320. The number of nitrogens with zero attached hydrogens (tertiary/aromatic N) is 2. The zero-order valence-electron chi connectivity index (χ0n) is 9.94. The number of pyridine rings is 1. The van der Waals surface area contributed by atoms with E-state index in [9.17, 15) is 0 Å². The zero-order chi connectivity index (χ0) is 11.4. The maximum absolute atomic E-state index is 5.36. The van der Waals surface area contributed by atoms with E-state index in [-0.39, 0.29) is 0 Å². The highest BCUT2D eigenvalue weighted by molar-refractivity contribution is 5.44. The Kier molecular flexibility index (Phi) is 3.62. The lowest BCUT2D eigenvalue weighted by Gasteiger charge is -2.40. The van der Waals surface area contributed by atoms with Gasteiger partial charge < -0.3 is 15.0 Å². The first-order chi connectivity index (χ1) is 7.83. The van der Waals surface area contributed by atoms with Crippen LogP contribution in [0.1, 0.15) is 13.8 Å². The highest BCUT2D eigenvalue weighted by Gasteiger charge is 2.26. The van der Waals surface area contributed by atoms with E-state index >= 15 is 0 Å². The third-order valence-corrected chi connectivity index (χ3v) is 2.73. The Balaban J connectivity index is 1.87. The molecule has 4 nitrogen and oxygen atoms in total. The second kappa shape index (κ2) is 5.16. The van der Waals surface area contributed by atoms with Crippen LogP contribution < -0.4 is 15.0 Å². The van der Waals surface area contributed by atoms with E-state index in [1.165, 1.54) is 0 Å². The van der Waals surface area contributed by atoms with Crippen molar-refractivity contribution in [2.75, 3.05) is 31.1 Å². The van der Waals surface area contributed by atoms with Crippen LogP contribution >= 0.6 is 0 Å². The molecule has 1 fully saturated rings. The summed E-state index contributed by atoms with van der Waals surface area (Å²) in [6.07, 6.45) is 1.79. The summed E-state index contributed by atoms with van der Waals surface area (Å²) in [5.41, 5.74) is 0. The summed E-state index contributed by atoms with van der Waals surface area (Å²) in [6.45, 7) is 7.94. The lowest BCUT2D eigenvalue weighted by Crippen LogP contribution is -2.58. The fourth-order valence-electron chi connectivity index (χ4n) is 1.90. The van der Waals surface area contributed by atoms with Crippen LogP contribution in [0.25, 0.3) is 0 Å². The number of aromatic nitrogens is 1. The molecule has 4 heteroatoms. The van der Waals surface area contributed by atoms with Gasteiger partial charge in [-0.15, -0.1) is 0 Å². The van der Waals surface area contributed by atoms with Crippen molar-refractivity contribution in [2.45, 2.75) is 19.9 Å². The molecule has 2 heterocycles. The van der Waals surface area contributed by atoms with Gasteiger partial charge in [-0.1, -0.05) is 6.92 Å². The number of hydrogen-bond acceptors (Lipinski definition) is 4. The topological polar surface area (TPSA) is 37.4 Å². The summed E-state index contributed by atoms with van der Waals surface area (Å²) in [4.78, 5) is 6.65. The SMILES string of the molecule is CCNC1CN(c2ccc(OCC)cn2)C1. The van der Waals surface area contributed by atoms with Gasteiger partial charge in [-0.3, -0.25) is 0 Å². The van der Waals surface area contributed by atoms with E-state index in [1.54, 1.807) is 6.20 Å². The van der Waals surface area contributed by atoms with E-state index in [2.05, 4.69) is 22.1 Å². The lowest BCUT2D eigenvalue weighted by atomic mass is 10.1. The van der Waals surface area contributed by atoms with Crippen LogP contribution in [-0.2, 0) is 0 Å². The first kappa shape index (κ1) is 11.2. The summed E-state index contributed by atoms with van der Waals surface area (Å²) in [5, 5.41) is 3.42. The largest absolute Gasteiger partial charge is 0.492 e. The molecule has 1 saturated heterocycles. The molecule has 16 heavy (non-hydrogen) atoms. The van der Waals surface area contributed by atoms with E-state index in [0.717, 1.165) is 31.2 Å². The summed E-state index contributed by atoms with van der Waals surface area (Å²) >= 11 is 0. The molecule has 1 N–H and O–H groups in total. The normalized spacial score (nSPS) is 16.0. The van der Waals surface area contributed by atoms with E-state index in [4.69, 9.17) is 4.74 Å². The summed E-state index contributed by atoms with van der Waals surface area (Å²) in [6, 6.07) is 4.62. The first-order valence-corrected chi connectivity index (χ1v) is 5.90. The van der Waals surface area contributed by atoms with Crippen molar-refractivity contribution in [3.05, 3.63) is 18.3 Å². The van der Waals surface area contributed by atoms with Crippen LogP contribution in [-0.4, -0.2) is 37.3 Å². The molecule has 1 aromatic heterocycles. The monoisotopic (exact) mass is 221 g/mol. The van der Waals surface area contributed by atoms with Crippen LogP contribution in [0, 0.1) is 0 Å². The smallest absolute Gasteiger partial charge is 0.137 e. The highest BCUT2D eigenvalue weighted by Crippen LogP contribution is 2.20. The van der Waals surface area contributed by atoms with Crippen LogP contribution in [0.5, 0.6) is 5.75 Å². The van der Waals surface area contributed by atoms with Gasteiger partial charge >= 0.3 is 0 Å². The van der Waals surface area contributed by atoms with Gasteiger partial charge in [0.15, 0.2) is 0 Å². The number of hydrogen-bond donors (Lipinski definition) is 1. The molecular weight excluding hydrogens is 202 g/mol. The first-order valence-electron chi connectivity index (χ1n) is 5.90. The Morgan fingerprint density at radius 3 is 2.81 bits per heavy atom. The molecule has 1 aliphatic heterocycles. The van der Waals surface area contributed by atoms with Crippen LogP contribution in [0.4, 0.5) is 5.82 Å². The Hall–Kier alpha value is -1.29. The van der Waals surface area contributed by atoms with E-state index in [0.29, 0.717) is 12.6 Å². The number of anilines is 1. The summed E-state index contributed by atoms with van der Waals surface area (Å²) < 4.78 is 5.36. The standard InChI is InChI=1S/C12H19N3O/c1-3-13-10-8-15(9-10)12-6-5-11(7-14-12)16-4-2/h5-7,10,13H,3-4,8-9H2,1-2H3. The second-order valence-electron chi connectivity index (χ2n) is 3.94. The van der Waals surface area contributed by atoms with Crippen LogP contribution in [0.15, 0.2) is 18.3 Å². The van der Waals surface area contributed by atoms with Gasteiger partial charge in [0.05, 0.1) is 12.8 Å². The average Bonchev–Trinajstić information content (AvgIpc) is 2.25. The molecule has 0 aromatic carbocycles. The maximum Gasteiger partial charge on any atom is 0.137 e. The maximum atomic E-state index is 5.36. The predicted molar refractivity (Wildman–Crippen MR) is 65.1 cm³/mol.